The third-order valence-corrected chi connectivity index (χ3v) is 4.88. The van der Waals surface area contributed by atoms with Gasteiger partial charge in [-0.2, -0.15) is 0 Å². The lowest BCUT2D eigenvalue weighted by Crippen LogP contribution is -2.41. The van der Waals surface area contributed by atoms with Crippen LogP contribution in [0, 0.1) is 5.92 Å². The minimum Gasteiger partial charge on any atom is -0.496 e. The molecule has 1 atom stereocenters. The van der Waals surface area contributed by atoms with Crippen LogP contribution < -0.4 is 14.8 Å². The molecule has 1 aromatic heterocycles. The summed E-state index contributed by atoms with van der Waals surface area (Å²) in [7, 11) is 3.05. The summed E-state index contributed by atoms with van der Waals surface area (Å²) in [5.41, 5.74) is 1.27. The smallest absolute Gasteiger partial charge is 0.255 e. The molecule has 2 aromatic rings. The molecule has 1 amide bonds. The SMILES string of the molecule is COc1ccc([C@H](NC(=O)c2ccc(Cl)cc2OC)C2CC(O)C2)cn1. The van der Waals surface area contributed by atoms with Crippen molar-refractivity contribution in [2.75, 3.05) is 14.2 Å². The normalized spacial score (nSPS) is 20.0. The van der Waals surface area contributed by atoms with Crippen molar-refractivity contribution < 1.29 is 19.4 Å². The number of pyridine rings is 1. The lowest BCUT2D eigenvalue weighted by Gasteiger charge is -2.38. The molecule has 6 nitrogen and oxygen atoms in total. The van der Waals surface area contributed by atoms with Crippen molar-refractivity contribution in [1.29, 1.82) is 0 Å². The maximum atomic E-state index is 12.8. The molecule has 0 aliphatic heterocycles. The van der Waals surface area contributed by atoms with Gasteiger partial charge in [0.1, 0.15) is 5.75 Å². The molecule has 2 N–H and O–H groups in total. The monoisotopic (exact) mass is 376 g/mol. The van der Waals surface area contributed by atoms with Gasteiger partial charge in [-0.3, -0.25) is 4.79 Å². The van der Waals surface area contributed by atoms with E-state index in [1.165, 1.54) is 7.11 Å². The van der Waals surface area contributed by atoms with Gasteiger partial charge in [0.15, 0.2) is 0 Å². The first kappa shape index (κ1) is 18.5. The minimum absolute atomic E-state index is 0.141. The molecule has 1 heterocycles. The predicted octanol–water partition coefficient (Wildman–Crippen LogP) is 2.99. The predicted molar refractivity (Wildman–Crippen MR) is 97.7 cm³/mol. The zero-order valence-electron chi connectivity index (χ0n) is 14.6. The number of aliphatic hydroxyl groups excluding tert-OH is 1. The molecule has 0 saturated heterocycles. The number of nitrogens with one attached hydrogen (secondary N) is 1. The van der Waals surface area contributed by atoms with Crippen LogP contribution in [-0.4, -0.2) is 36.3 Å². The number of carbonyl (C=O) groups is 1. The van der Waals surface area contributed by atoms with Crippen molar-refractivity contribution in [1.82, 2.24) is 10.3 Å². The van der Waals surface area contributed by atoms with Gasteiger partial charge in [-0.05, 0) is 42.5 Å². The number of benzene rings is 1. The summed E-state index contributed by atoms with van der Waals surface area (Å²) >= 11 is 5.97. The Hall–Kier alpha value is -2.31. The highest BCUT2D eigenvalue weighted by Gasteiger charge is 2.36. The molecular formula is C19H21ClN2O4. The Labute approximate surface area is 157 Å². The largest absolute Gasteiger partial charge is 0.496 e. The average molecular weight is 377 g/mol. The molecule has 0 unspecified atom stereocenters. The van der Waals surface area contributed by atoms with Gasteiger partial charge in [-0.1, -0.05) is 17.7 Å². The van der Waals surface area contributed by atoms with Crippen molar-refractivity contribution in [3.8, 4) is 11.6 Å². The molecule has 1 aromatic carbocycles. The zero-order valence-corrected chi connectivity index (χ0v) is 15.4. The standard InChI is InChI=1S/C19H21ClN2O4/c1-25-16-9-13(20)4-5-15(16)19(24)22-18(12-7-14(23)8-12)11-3-6-17(26-2)21-10-11/h3-6,9-10,12,14,18,23H,7-8H2,1-2H3,(H,22,24)/t12?,14?,18-/m0/s1. The molecule has 1 saturated carbocycles. The molecule has 138 valence electrons. The summed E-state index contributed by atoms with van der Waals surface area (Å²) in [6, 6.07) is 8.26. The van der Waals surface area contributed by atoms with Gasteiger partial charge in [0.2, 0.25) is 5.88 Å². The van der Waals surface area contributed by atoms with E-state index in [0.29, 0.717) is 35.1 Å². The molecule has 0 radical (unpaired) electrons. The number of ether oxygens (including phenoxy) is 2. The van der Waals surface area contributed by atoms with Gasteiger partial charge in [0, 0.05) is 17.3 Å². The van der Waals surface area contributed by atoms with Crippen LogP contribution in [0.25, 0.3) is 0 Å². The van der Waals surface area contributed by atoms with Crippen LogP contribution in [0.1, 0.15) is 34.8 Å². The molecule has 0 bridgehead atoms. The van der Waals surface area contributed by atoms with Gasteiger partial charge in [-0.25, -0.2) is 4.98 Å². The molecule has 1 aliphatic carbocycles. The Balaban J connectivity index is 1.84. The summed E-state index contributed by atoms with van der Waals surface area (Å²) in [6.07, 6.45) is 2.63. The lowest BCUT2D eigenvalue weighted by molar-refractivity contribution is 0.0234. The summed E-state index contributed by atoms with van der Waals surface area (Å²) < 4.78 is 10.4. The molecule has 0 spiro atoms. The number of aromatic nitrogens is 1. The minimum atomic E-state index is -0.323. The van der Waals surface area contributed by atoms with E-state index in [-0.39, 0.29) is 24.0 Å². The van der Waals surface area contributed by atoms with E-state index >= 15 is 0 Å². The second-order valence-electron chi connectivity index (χ2n) is 6.31. The second kappa shape index (κ2) is 7.93. The maximum absolute atomic E-state index is 12.8. The highest BCUT2D eigenvalue weighted by molar-refractivity contribution is 6.30. The van der Waals surface area contributed by atoms with E-state index in [2.05, 4.69) is 10.3 Å². The molecular weight excluding hydrogens is 356 g/mol. The second-order valence-corrected chi connectivity index (χ2v) is 6.75. The average Bonchev–Trinajstić information content (AvgIpc) is 2.63. The van der Waals surface area contributed by atoms with E-state index in [1.54, 1.807) is 37.6 Å². The van der Waals surface area contributed by atoms with Gasteiger partial charge in [0.05, 0.1) is 31.9 Å². The topological polar surface area (TPSA) is 80.7 Å². The lowest BCUT2D eigenvalue weighted by atomic mass is 9.75. The highest BCUT2D eigenvalue weighted by atomic mass is 35.5. The van der Waals surface area contributed by atoms with Crippen molar-refractivity contribution in [2.45, 2.75) is 25.0 Å². The first-order valence-electron chi connectivity index (χ1n) is 8.34. The number of methoxy groups -OCH3 is 2. The molecule has 1 fully saturated rings. The number of hydrogen-bond acceptors (Lipinski definition) is 5. The Kier molecular flexibility index (Phi) is 5.64. The van der Waals surface area contributed by atoms with Crippen molar-refractivity contribution in [3.63, 3.8) is 0 Å². The fraction of sp³-hybridized carbons (Fsp3) is 0.368. The number of carbonyl (C=O) groups excluding carboxylic acids is 1. The first-order valence-corrected chi connectivity index (χ1v) is 8.72. The Morgan fingerprint density at radius 2 is 2.04 bits per heavy atom. The van der Waals surface area contributed by atoms with Crippen LogP contribution in [0.5, 0.6) is 11.6 Å². The Morgan fingerprint density at radius 3 is 2.62 bits per heavy atom. The van der Waals surface area contributed by atoms with Crippen LogP contribution in [0.4, 0.5) is 0 Å². The summed E-state index contributed by atoms with van der Waals surface area (Å²) in [5.74, 6) is 0.797. The molecule has 3 rings (SSSR count). The van der Waals surface area contributed by atoms with Gasteiger partial charge in [-0.15, -0.1) is 0 Å². The summed E-state index contributed by atoms with van der Waals surface area (Å²) in [5, 5.41) is 13.2. The number of hydrogen-bond donors (Lipinski definition) is 2. The van der Waals surface area contributed by atoms with E-state index in [0.717, 1.165) is 5.56 Å². The van der Waals surface area contributed by atoms with Crippen molar-refractivity contribution in [2.24, 2.45) is 5.92 Å². The van der Waals surface area contributed by atoms with Crippen molar-refractivity contribution in [3.05, 3.63) is 52.7 Å². The number of amides is 1. The first-order chi connectivity index (χ1) is 12.5. The summed E-state index contributed by atoms with van der Waals surface area (Å²) in [6.45, 7) is 0. The van der Waals surface area contributed by atoms with Crippen LogP contribution in [0.2, 0.25) is 5.02 Å². The van der Waals surface area contributed by atoms with Crippen LogP contribution in [-0.2, 0) is 0 Å². The highest BCUT2D eigenvalue weighted by Crippen LogP contribution is 2.38. The van der Waals surface area contributed by atoms with Gasteiger partial charge < -0.3 is 19.9 Å². The van der Waals surface area contributed by atoms with Crippen molar-refractivity contribution >= 4 is 17.5 Å². The maximum Gasteiger partial charge on any atom is 0.255 e. The Morgan fingerprint density at radius 1 is 1.27 bits per heavy atom. The van der Waals surface area contributed by atoms with Crippen LogP contribution >= 0.6 is 11.6 Å². The zero-order chi connectivity index (χ0) is 18.7. The van der Waals surface area contributed by atoms with E-state index < -0.39 is 0 Å². The van der Waals surface area contributed by atoms with E-state index in [9.17, 15) is 9.90 Å². The van der Waals surface area contributed by atoms with Crippen LogP contribution in [0.3, 0.4) is 0 Å². The number of halogens is 1. The molecule has 26 heavy (non-hydrogen) atoms. The van der Waals surface area contributed by atoms with E-state index in [1.807, 2.05) is 6.07 Å². The van der Waals surface area contributed by atoms with Gasteiger partial charge in [0.25, 0.3) is 5.91 Å². The van der Waals surface area contributed by atoms with Gasteiger partial charge >= 0.3 is 0 Å². The number of nitrogens with zero attached hydrogens (tertiary/aromatic N) is 1. The van der Waals surface area contributed by atoms with E-state index in [4.69, 9.17) is 21.1 Å². The molecule has 7 heteroatoms. The Bertz CT molecular complexity index is 776. The number of rotatable bonds is 6. The third-order valence-electron chi connectivity index (χ3n) is 4.64. The fourth-order valence-electron chi connectivity index (χ4n) is 3.14. The third kappa shape index (κ3) is 3.92. The van der Waals surface area contributed by atoms with Crippen LogP contribution in [0.15, 0.2) is 36.5 Å². The molecule has 1 aliphatic rings. The fourth-order valence-corrected chi connectivity index (χ4v) is 3.31. The summed E-state index contributed by atoms with van der Waals surface area (Å²) in [4.78, 5) is 17.1. The number of aliphatic hydroxyl groups is 1. The quantitative estimate of drug-likeness (QED) is 0.810.